The van der Waals surface area contributed by atoms with E-state index < -0.39 is 10.0 Å². The van der Waals surface area contributed by atoms with Gasteiger partial charge < -0.3 is 9.84 Å². The number of sulfonamides is 1. The molecule has 1 heterocycles. The van der Waals surface area contributed by atoms with Gasteiger partial charge in [-0.05, 0) is 30.3 Å². The smallest absolute Gasteiger partial charge is 0.271 e. The molecule has 0 fully saturated rings. The van der Waals surface area contributed by atoms with Crippen LogP contribution in [0.2, 0.25) is 5.02 Å². The SMILES string of the molecule is COc1ccc(Cl)cc1NS(=O)(=O)c1ccc(CCO)s1. The zero-order valence-corrected chi connectivity index (χ0v) is 13.6. The van der Waals surface area contributed by atoms with E-state index in [-0.39, 0.29) is 16.5 Å². The summed E-state index contributed by atoms with van der Waals surface area (Å²) in [6, 6.07) is 7.88. The molecule has 0 atom stereocenters. The summed E-state index contributed by atoms with van der Waals surface area (Å²) in [6.45, 7) is -0.0183. The van der Waals surface area contributed by atoms with Crippen molar-refractivity contribution < 1.29 is 18.3 Å². The molecule has 0 aliphatic rings. The summed E-state index contributed by atoms with van der Waals surface area (Å²) in [5.74, 6) is 0.384. The lowest BCUT2D eigenvalue weighted by Crippen LogP contribution is -2.12. The first-order valence-corrected chi connectivity index (χ1v) is 8.70. The van der Waals surface area contributed by atoms with E-state index >= 15 is 0 Å². The van der Waals surface area contributed by atoms with E-state index in [2.05, 4.69) is 4.72 Å². The minimum Gasteiger partial charge on any atom is -0.495 e. The molecule has 21 heavy (non-hydrogen) atoms. The first-order chi connectivity index (χ1) is 9.96. The van der Waals surface area contributed by atoms with E-state index in [1.54, 1.807) is 18.2 Å². The minimum atomic E-state index is -3.71. The number of nitrogens with one attached hydrogen (secondary N) is 1. The molecule has 0 spiro atoms. The number of methoxy groups -OCH3 is 1. The second kappa shape index (κ2) is 6.65. The summed E-state index contributed by atoms with van der Waals surface area (Å²) in [7, 11) is -2.26. The predicted molar refractivity (Wildman–Crippen MR) is 83.9 cm³/mol. The number of hydrogen-bond donors (Lipinski definition) is 2. The molecule has 0 aliphatic carbocycles. The molecular formula is C13H14ClNO4S2. The molecule has 0 saturated carbocycles. The van der Waals surface area contributed by atoms with Crippen molar-refractivity contribution in [1.29, 1.82) is 0 Å². The summed E-state index contributed by atoms with van der Waals surface area (Å²) in [6.07, 6.45) is 0.431. The number of aliphatic hydroxyl groups excluding tert-OH is 1. The molecule has 0 saturated heterocycles. The molecule has 1 aromatic carbocycles. The van der Waals surface area contributed by atoms with Crippen molar-refractivity contribution in [2.75, 3.05) is 18.4 Å². The number of aliphatic hydroxyl groups is 1. The Labute approximate surface area is 132 Å². The average molecular weight is 348 g/mol. The van der Waals surface area contributed by atoms with Gasteiger partial charge in [-0.3, -0.25) is 4.72 Å². The molecule has 2 N–H and O–H groups in total. The standard InChI is InChI=1S/C13H14ClNO4S2/c1-19-12-4-2-9(14)8-11(12)15-21(17,18)13-5-3-10(20-13)6-7-16/h2-5,8,15-16H,6-7H2,1H3. The third-order valence-corrected chi connectivity index (χ3v) is 5.90. The fourth-order valence-electron chi connectivity index (χ4n) is 1.70. The lowest BCUT2D eigenvalue weighted by molar-refractivity contribution is 0.300. The molecule has 2 aromatic rings. The summed E-state index contributed by atoms with van der Waals surface area (Å²) in [5.41, 5.74) is 0.280. The molecule has 0 aliphatic heterocycles. The Morgan fingerprint density at radius 3 is 2.76 bits per heavy atom. The Morgan fingerprint density at radius 2 is 2.10 bits per heavy atom. The summed E-state index contributed by atoms with van der Waals surface area (Å²) < 4.78 is 32.4. The molecule has 2 rings (SSSR count). The molecule has 0 radical (unpaired) electrons. The third-order valence-electron chi connectivity index (χ3n) is 2.67. The number of anilines is 1. The maximum Gasteiger partial charge on any atom is 0.271 e. The van der Waals surface area contributed by atoms with Crippen molar-refractivity contribution in [3.05, 3.63) is 40.2 Å². The Kier molecular flexibility index (Phi) is 5.10. The van der Waals surface area contributed by atoms with Gasteiger partial charge in [0, 0.05) is 22.9 Å². The largest absolute Gasteiger partial charge is 0.495 e. The van der Waals surface area contributed by atoms with Gasteiger partial charge in [-0.1, -0.05) is 11.6 Å². The van der Waals surface area contributed by atoms with Crippen LogP contribution in [-0.2, 0) is 16.4 Å². The van der Waals surface area contributed by atoms with Crippen LogP contribution in [0.1, 0.15) is 4.88 Å². The van der Waals surface area contributed by atoms with E-state index in [1.165, 1.54) is 19.2 Å². The highest BCUT2D eigenvalue weighted by Gasteiger charge is 2.19. The van der Waals surface area contributed by atoms with Gasteiger partial charge >= 0.3 is 0 Å². The molecular weight excluding hydrogens is 334 g/mol. The molecule has 5 nitrogen and oxygen atoms in total. The van der Waals surface area contributed by atoms with E-state index in [0.717, 1.165) is 16.2 Å². The summed E-state index contributed by atoms with van der Waals surface area (Å²) in [4.78, 5) is 0.802. The predicted octanol–water partition coefficient (Wildman–Crippen LogP) is 2.75. The minimum absolute atomic E-state index is 0.0183. The molecule has 0 amide bonds. The van der Waals surface area contributed by atoms with Crippen molar-refractivity contribution in [2.45, 2.75) is 10.6 Å². The lowest BCUT2D eigenvalue weighted by Gasteiger charge is -2.11. The second-order valence-electron chi connectivity index (χ2n) is 4.14. The quantitative estimate of drug-likeness (QED) is 0.842. The zero-order chi connectivity index (χ0) is 15.5. The van der Waals surface area contributed by atoms with Crippen molar-refractivity contribution in [3.8, 4) is 5.75 Å². The van der Waals surface area contributed by atoms with E-state index in [0.29, 0.717) is 17.2 Å². The van der Waals surface area contributed by atoms with Gasteiger partial charge in [0.1, 0.15) is 9.96 Å². The van der Waals surface area contributed by atoms with Crippen molar-refractivity contribution in [3.63, 3.8) is 0 Å². The molecule has 114 valence electrons. The van der Waals surface area contributed by atoms with Gasteiger partial charge in [0.2, 0.25) is 0 Å². The van der Waals surface area contributed by atoms with Crippen LogP contribution < -0.4 is 9.46 Å². The summed E-state index contributed by atoms with van der Waals surface area (Å²) >= 11 is 7.00. The number of hydrogen-bond acceptors (Lipinski definition) is 5. The van der Waals surface area contributed by atoms with E-state index in [1.807, 2.05) is 0 Å². The van der Waals surface area contributed by atoms with Gasteiger partial charge in [0.25, 0.3) is 10.0 Å². The van der Waals surface area contributed by atoms with Crippen LogP contribution in [0.25, 0.3) is 0 Å². The first kappa shape index (κ1) is 16.1. The molecule has 1 aromatic heterocycles. The number of ether oxygens (including phenoxy) is 1. The van der Waals surface area contributed by atoms with Crippen molar-refractivity contribution in [2.24, 2.45) is 0 Å². The van der Waals surface area contributed by atoms with Crippen LogP contribution in [-0.4, -0.2) is 27.2 Å². The highest BCUT2D eigenvalue weighted by atomic mass is 35.5. The van der Waals surface area contributed by atoms with E-state index in [4.69, 9.17) is 21.4 Å². The van der Waals surface area contributed by atoms with Gasteiger partial charge in [0.15, 0.2) is 0 Å². The van der Waals surface area contributed by atoms with Crippen LogP contribution in [0, 0.1) is 0 Å². The number of rotatable bonds is 6. The fourth-order valence-corrected chi connectivity index (χ4v) is 4.28. The van der Waals surface area contributed by atoms with E-state index in [9.17, 15) is 8.42 Å². The highest BCUT2D eigenvalue weighted by molar-refractivity contribution is 7.94. The molecule has 0 unspecified atom stereocenters. The zero-order valence-electron chi connectivity index (χ0n) is 11.2. The van der Waals surface area contributed by atoms with Gasteiger partial charge in [0.05, 0.1) is 12.8 Å². The van der Waals surface area contributed by atoms with Gasteiger partial charge in [-0.25, -0.2) is 8.42 Å². The number of thiophene rings is 1. The molecule has 8 heteroatoms. The third kappa shape index (κ3) is 3.88. The lowest BCUT2D eigenvalue weighted by atomic mass is 10.3. The van der Waals surface area contributed by atoms with Crippen molar-refractivity contribution in [1.82, 2.24) is 0 Å². The maximum atomic E-state index is 12.3. The normalized spacial score (nSPS) is 11.4. The monoisotopic (exact) mass is 347 g/mol. The van der Waals surface area contributed by atoms with Crippen LogP contribution in [0.4, 0.5) is 5.69 Å². The van der Waals surface area contributed by atoms with Gasteiger partial charge in [-0.2, -0.15) is 0 Å². The fraction of sp³-hybridized carbons (Fsp3) is 0.231. The van der Waals surface area contributed by atoms with Crippen LogP contribution in [0.3, 0.4) is 0 Å². The number of halogens is 1. The van der Waals surface area contributed by atoms with Crippen LogP contribution in [0.15, 0.2) is 34.5 Å². The second-order valence-corrected chi connectivity index (χ2v) is 7.66. The maximum absolute atomic E-state index is 12.3. The summed E-state index contributed by atoms with van der Waals surface area (Å²) in [5, 5.41) is 9.28. The Hall–Kier alpha value is -1.28. The Balaban J connectivity index is 2.30. The number of benzene rings is 1. The first-order valence-electron chi connectivity index (χ1n) is 6.02. The Bertz CT molecular complexity index is 728. The van der Waals surface area contributed by atoms with Gasteiger partial charge in [-0.15, -0.1) is 11.3 Å². The highest BCUT2D eigenvalue weighted by Crippen LogP contribution is 2.31. The van der Waals surface area contributed by atoms with Crippen LogP contribution in [0.5, 0.6) is 5.75 Å². The molecule has 0 bridgehead atoms. The Morgan fingerprint density at radius 1 is 1.33 bits per heavy atom. The van der Waals surface area contributed by atoms with Crippen LogP contribution >= 0.6 is 22.9 Å². The van der Waals surface area contributed by atoms with Crippen molar-refractivity contribution >= 4 is 38.6 Å². The average Bonchev–Trinajstić information content (AvgIpc) is 2.88. The topological polar surface area (TPSA) is 75.6 Å².